The van der Waals surface area contributed by atoms with Gasteiger partial charge in [0, 0.05) is 22.4 Å². The quantitative estimate of drug-likeness (QED) is 0.455. The van der Waals surface area contributed by atoms with Crippen LogP contribution in [0.1, 0.15) is 29.4 Å². The predicted molar refractivity (Wildman–Crippen MR) is 123 cm³/mol. The lowest BCUT2D eigenvalue weighted by Crippen LogP contribution is -2.19. The number of fused-ring (bicyclic) bond motifs is 1. The van der Waals surface area contributed by atoms with Crippen molar-refractivity contribution in [1.29, 1.82) is 0 Å². The lowest BCUT2D eigenvalue weighted by atomic mass is 10.1. The van der Waals surface area contributed by atoms with Gasteiger partial charge < -0.3 is 4.74 Å². The second-order valence-corrected chi connectivity index (χ2v) is 7.59. The fourth-order valence-electron chi connectivity index (χ4n) is 3.36. The van der Waals surface area contributed by atoms with Crippen molar-refractivity contribution in [2.45, 2.75) is 27.2 Å². The van der Waals surface area contributed by atoms with Crippen LogP contribution in [0.3, 0.4) is 0 Å². The first kappa shape index (κ1) is 20.8. The fourth-order valence-corrected chi connectivity index (χ4v) is 3.49. The zero-order valence-corrected chi connectivity index (χ0v) is 18.2. The smallest absolute Gasteiger partial charge is 0.256 e. The molecule has 4 rings (SSSR count). The number of rotatable bonds is 6. The maximum Gasteiger partial charge on any atom is 0.256 e. The molecule has 2 aromatic carbocycles. The number of nitrogens with zero attached hydrogens (tertiary/aromatic N) is 3. The van der Waals surface area contributed by atoms with Crippen LogP contribution in [-0.4, -0.2) is 26.5 Å². The summed E-state index contributed by atoms with van der Waals surface area (Å²) < 4.78 is 5.55. The molecule has 0 saturated carbocycles. The van der Waals surface area contributed by atoms with E-state index in [0.29, 0.717) is 41.2 Å². The molecule has 0 spiro atoms. The monoisotopic (exact) mass is 435 g/mol. The summed E-state index contributed by atoms with van der Waals surface area (Å²) in [5, 5.41) is 4.59. The molecule has 0 radical (unpaired) electrons. The van der Waals surface area contributed by atoms with Gasteiger partial charge in [0.1, 0.15) is 5.75 Å². The highest BCUT2D eigenvalue weighted by Gasteiger charge is 2.12. The third-order valence-corrected chi connectivity index (χ3v) is 5.17. The number of anilines is 2. The lowest BCUT2D eigenvalue weighted by molar-refractivity contribution is 0.340. The van der Waals surface area contributed by atoms with Crippen molar-refractivity contribution in [2.24, 2.45) is 0 Å². The molecular formula is C23H22ClN5O2. The molecule has 0 amide bonds. The summed E-state index contributed by atoms with van der Waals surface area (Å²) in [5.41, 5.74) is 3.60. The van der Waals surface area contributed by atoms with Crippen molar-refractivity contribution in [2.75, 3.05) is 11.9 Å². The molecule has 31 heavy (non-hydrogen) atoms. The van der Waals surface area contributed by atoms with E-state index in [2.05, 4.69) is 25.3 Å². The molecule has 2 N–H and O–H groups in total. The number of aromatic amines is 1. The second kappa shape index (κ2) is 8.73. The van der Waals surface area contributed by atoms with E-state index in [0.717, 1.165) is 27.9 Å². The van der Waals surface area contributed by atoms with E-state index < -0.39 is 0 Å². The van der Waals surface area contributed by atoms with Crippen molar-refractivity contribution in [3.63, 3.8) is 0 Å². The van der Waals surface area contributed by atoms with E-state index in [1.807, 2.05) is 51.1 Å². The Morgan fingerprint density at radius 1 is 1.03 bits per heavy atom. The molecule has 0 unspecified atom stereocenters. The Hall–Kier alpha value is -3.45. The van der Waals surface area contributed by atoms with Gasteiger partial charge in [-0.15, -0.1) is 0 Å². The lowest BCUT2D eigenvalue weighted by Gasteiger charge is -2.11. The maximum atomic E-state index is 12.7. The average molecular weight is 436 g/mol. The van der Waals surface area contributed by atoms with Gasteiger partial charge in [-0.25, -0.2) is 15.0 Å². The van der Waals surface area contributed by atoms with Gasteiger partial charge in [-0.1, -0.05) is 23.7 Å². The summed E-state index contributed by atoms with van der Waals surface area (Å²) in [6, 6.07) is 13.1. The molecule has 4 aromatic rings. The Bertz CT molecular complexity index is 1300. The van der Waals surface area contributed by atoms with Gasteiger partial charge in [0.05, 0.1) is 23.5 Å². The normalized spacial score (nSPS) is 11.0. The first-order chi connectivity index (χ1) is 14.9. The molecule has 0 bridgehead atoms. The fraction of sp³-hybridized carbons (Fsp3) is 0.217. The van der Waals surface area contributed by atoms with Crippen molar-refractivity contribution < 1.29 is 4.74 Å². The number of halogens is 1. The third kappa shape index (κ3) is 4.67. The Labute approximate surface area is 184 Å². The minimum atomic E-state index is -0.205. The highest BCUT2D eigenvalue weighted by atomic mass is 35.5. The minimum absolute atomic E-state index is 0.205. The Kier molecular flexibility index (Phi) is 5.86. The molecule has 0 fully saturated rings. The van der Waals surface area contributed by atoms with Crippen LogP contribution < -0.4 is 15.6 Å². The van der Waals surface area contributed by atoms with E-state index >= 15 is 0 Å². The maximum absolute atomic E-state index is 12.7. The van der Waals surface area contributed by atoms with Crippen LogP contribution in [0.5, 0.6) is 5.75 Å². The predicted octanol–water partition coefficient (Wildman–Crippen LogP) is 4.72. The molecule has 7 nitrogen and oxygen atoms in total. The highest BCUT2D eigenvalue weighted by Crippen LogP contribution is 2.23. The molecule has 0 atom stereocenters. The molecule has 0 aliphatic rings. The SMILES string of the molecule is CCOc1ccc2nc(Nc3nc(C)c(Cc4ccc(Cl)cc4)c(=O)[nH]3)nc(C)c2c1. The first-order valence-corrected chi connectivity index (χ1v) is 10.3. The van der Waals surface area contributed by atoms with Crippen LogP contribution in [0.2, 0.25) is 5.02 Å². The summed E-state index contributed by atoms with van der Waals surface area (Å²) in [6.45, 7) is 6.25. The van der Waals surface area contributed by atoms with E-state index in [4.69, 9.17) is 16.3 Å². The number of aryl methyl sites for hydroxylation is 2. The first-order valence-electron chi connectivity index (χ1n) is 9.95. The van der Waals surface area contributed by atoms with E-state index in [9.17, 15) is 4.79 Å². The summed E-state index contributed by atoms with van der Waals surface area (Å²) in [4.78, 5) is 29.0. The summed E-state index contributed by atoms with van der Waals surface area (Å²) in [5.74, 6) is 1.44. The van der Waals surface area contributed by atoms with Crippen molar-refractivity contribution >= 4 is 34.4 Å². The summed E-state index contributed by atoms with van der Waals surface area (Å²) in [6.07, 6.45) is 0.472. The molecule has 158 valence electrons. The van der Waals surface area contributed by atoms with E-state index in [1.165, 1.54) is 0 Å². The average Bonchev–Trinajstić information content (AvgIpc) is 2.73. The van der Waals surface area contributed by atoms with Gasteiger partial charge in [-0.2, -0.15) is 0 Å². The Morgan fingerprint density at radius 3 is 2.52 bits per heavy atom. The molecule has 0 aliphatic heterocycles. The Morgan fingerprint density at radius 2 is 1.81 bits per heavy atom. The molecule has 2 heterocycles. The second-order valence-electron chi connectivity index (χ2n) is 7.15. The van der Waals surface area contributed by atoms with Crippen LogP contribution in [0.15, 0.2) is 47.3 Å². The van der Waals surface area contributed by atoms with Crippen LogP contribution in [0, 0.1) is 13.8 Å². The van der Waals surface area contributed by atoms with Crippen LogP contribution in [0.25, 0.3) is 10.9 Å². The van der Waals surface area contributed by atoms with Crippen LogP contribution in [-0.2, 0) is 6.42 Å². The van der Waals surface area contributed by atoms with Crippen molar-refractivity contribution in [1.82, 2.24) is 19.9 Å². The zero-order valence-electron chi connectivity index (χ0n) is 17.5. The van der Waals surface area contributed by atoms with Crippen molar-refractivity contribution in [3.8, 4) is 5.75 Å². The number of hydrogen-bond donors (Lipinski definition) is 2. The highest BCUT2D eigenvalue weighted by molar-refractivity contribution is 6.30. The number of nitrogens with one attached hydrogen (secondary N) is 2. The third-order valence-electron chi connectivity index (χ3n) is 4.92. The minimum Gasteiger partial charge on any atom is -0.494 e. The van der Waals surface area contributed by atoms with Gasteiger partial charge in [0.25, 0.3) is 5.56 Å². The molecule has 8 heteroatoms. The summed E-state index contributed by atoms with van der Waals surface area (Å²) in [7, 11) is 0. The topological polar surface area (TPSA) is 92.8 Å². The largest absolute Gasteiger partial charge is 0.494 e. The van der Waals surface area contributed by atoms with Gasteiger partial charge in [0.2, 0.25) is 11.9 Å². The molecule has 2 aromatic heterocycles. The van der Waals surface area contributed by atoms with Gasteiger partial charge in [-0.05, 0) is 56.7 Å². The van der Waals surface area contributed by atoms with Crippen molar-refractivity contribution in [3.05, 3.63) is 80.4 Å². The van der Waals surface area contributed by atoms with Crippen LogP contribution >= 0.6 is 11.6 Å². The number of hydrogen-bond acceptors (Lipinski definition) is 6. The standard InChI is InChI=1S/C23H22ClN5O2/c1-4-31-17-9-10-20-18(12-17)13(2)25-22(27-20)29-23-26-14(3)19(21(30)28-23)11-15-5-7-16(24)8-6-15/h5-10,12H,4,11H2,1-3H3,(H2,25,26,27,28,29,30). The zero-order chi connectivity index (χ0) is 22.0. The van der Waals surface area contributed by atoms with Crippen LogP contribution in [0.4, 0.5) is 11.9 Å². The number of H-pyrrole nitrogens is 1. The molecule has 0 saturated heterocycles. The summed E-state index contributed by atoms with van der Waals surface area (Å²) >= 11 is 5.94. The van der Waals surface area contributed by atoms with Gasteiger partial charge in [-0.3, -0.25) is 15.1 Å². The number of ether oxygens (including phenoxy) is 1. The van der Waals surface area contributed by atoms with E-state index in [1.54, 1.807) is 12.1 Å². The number of aromatic nitrogens is 4. The molecule has 0 aliphatic carbocycles. The Balaban J connectivity index is 1.60. The number of benzene rings is 2. The van der Waals surface area contributed by atoms with E-state index in [-0.39, 0.29) is 5.56 Å². The molecular weight excluding hydrogens is 414 g/mol. The van der Waals surface area contributed by atoms with Gasteiger partial charge >= 0.3 is 0 Å². The van der Waals surface area contributed by atoms with Gasteiger partial charge in [0.15, 0.2) is 0 Å².